The van der Waals surface area contributed by atoms with Gasteiger partial charge in [0.05, 0.1) is 25.0 Å². The van der Waals surface area contributed by atoms with Crippen LogP contribution in [0.1, 0.15) is 25.0 Å². The molecule has 5 rings (SSSR count). The average Bonchev–Trinajstić information content (AvgIpc) is 3.39. The largest absolute Gasteiger partial charge is 0.378 e. The highest BCUT2D eigenvalue weighted by molar-refractivity contribution is 8.00. The summed E-state index contributed by atoms with van der Waals surface area (Å²) in [5.41, 5.74) is 3.44. The zero-order valence-corrected chi connectivity index (χ0v) is 19.9. The van der Waals surface area contributed by atoms with Gasteiger partial charge in [-0.2, -0.15) is 0 Å². The Morgan fingerprint density at radius 2 is 1.82 bits per heavy atom. The number of hydrogen-bond donors (Lipinski definition) is 0. The number of fused-ring (bicyclic) bond motifs is 1. The maximum absolute atomic E-state index is 13.5. The van der Waals surface area contributed by atoms with E-state index < -0.39 is 0 Å². The predicted octanol–water partition coefficient (Wildman–Crippen LogP) is 3.62. The molecule has 7 nitrogen and oxygen atoms in total. The van der Waals surface area contributed by atoms with Gasteiger partial charge in [0.1, 0.15) is 0 Å². The van der Waals surface area contributed by atoms with Gasteiger partial charge in [-0.25, -0.2) is 0 Å². The van der Waals surface area contributed by atoms with Crippen molar-refractivity contribution in [1.82, 2.24) is 14.8 Å². The number of benzene rings is 2. The van der Waals surface area contributed by atoms with Crippen LogP contribution in [0.15, 0.2) is 59.8 Å². The molecule has 1 amide bonds. The average molecular weight is 464 g/mol. The molecule has 0 aliphatic carbocycles. The van der Waals surface area contributed by atoms with Gasteiger partial charge in [0.15, 0.2) is 5.16 Å². The van der Waals surface area contributed by atoms with Crippen molar-refractivity contribution in [2.24, 2.45) is 0 Å². The minimum Gasteiger partial charge on any atom is -0.378 e. The zero-order valence-electron chi connectivity index (χ0n) is 19.1. The van der Waals surface area contributed by atoms with Crippen molar-refractivity contribution >= 4 is 29.3 Å². The highest BCUT2D eigenvalue weighted by Crippen LogP contribution is 2.35. The summed E-state index contributed by atoms with van der Waals surface area (Å²) < 4.78 is 7.66. The lowest BCUT2D eigenvalue weighted by Crippen LogP contribution is -2.40. The highest BCUT2D eigenvalue weighted by Gasteiger charge is 2.34. The number of carbonyl (C=O) groups is 1. The Kier molecular flexibility index (Phi) is 6.37. The number of thioether (sulfide) groups is 1. The summed E-state index contributed by atoms with van der Waals surface area (Å²) in [4.78, 5) is 17.7. The standard InChI is InChI=1S/C25H29N5O2S/c1-18-16-21-10-6-7-11-22(21)30(18)23(31)19(2)33-25-27-26-24(28-12-14-32-15-13-28)29(25)17-20-8-4-3-5-9-20/h3-11,18-19H,12-17H2,1-2H3/t18-,19+/m1/s1. The molecule has 3 heterocycles. The number of ether oxygens (including phenoxy) is 1. The van der Waals surface area contributed by atoms with Gasteiger partial charge < -0.3 is 14.5 Å². The summed E-state index contributed by atoms with van der Waals surface area (Å²) in [6.45, 7) is 7.68. The monoisotopic (exact) mass is 463 g/mol. The van der Waals surface area contributed by atoms with Crippen molar-refractivity contribution < 1.29 is 9.53 Å². The van der Waals surface area contributed by atoms with Crippen LogP contribution < -0.4 is 9.80 Å². The molecule has 2 aliphatic heterocycles. The molecule has 0 radical (unpaired) electrons. The molecule has 2 atom stereocenters. The fourth-order valence-corrected chi connectivity index (χ4v) is 5.47. The third kappa shape index (κ3) is 4.50. The lowest BCUT2D eigenvalue weighted by atomic mass is 10.1. The molecule has 0 saturated carbocycles. The highest BCUT2D eigenvalue weighted by atomic mass is 32.2. The number of aromatic nitrogens is 3. The van der Waals surface area contributed by atoms with Crippen molar-refractivity contribution in [2.45, 2.75) is 43.3 Å². The Labute approximate surface area is 198 Å². The van der Waals surface area contributed by atoms with Crippen LogP contribution in [0.4, 0.5) is 11.6 Å². The summed E-state index contributed by atoms with van der Waals surface area (Å²) >= 11 is 1.49. The predicted molar refractivity (Wildman–Crippen MR) is 131 cm³/mol. The van der Waals surface area contributed by atoms with E-state index in [1.807, 2.05) is 48.2 Å². The van der Waals surface area contributed by atoms with Crippen LogP contribution in [0.2, 0.25) is 0 Å². The van der Waals surface area contributed by atoms with E-state index in [0.29, 0.717) is 19.8 Å². The summed E-state index contributed by atoms with van der Waals surface area (Å²) in [5.74, 6) is 0.948. The van der Waals surface area contributed by atoms with Crippen LogP contribution in [-0.2, 0) is 22.5 Å². The summed E-state index contributed by atoms with van der Waals surface area (Å²) in [6.07, 6.45) is 0.894. The van der Waals surface area contributed by atoms with E-state index in [1.165, 1.54) is 22.9 Å². The molecule has 1 saturated heterocycles. The van der Waals surface area contributed by atoms with E-state index in [9.17, 15) is 4.79 Å². The number of amides is 1. The molecule has 3 aromatic rings. The molecule has 8 heteroatoms. The first-order valence-corrected chi connectivity index (χ1v) is 12.4. The second-order valence-electron chi connectivity index (χ2n) is 8.60. The van der Waals surface area contributed by atoms with Crippen molar-refractivity contribution in [3.8, 4) is 0 Å². The second-order valence-corrected chi connectivity index (χ2v) is 9.91. The fourth-order valence-electron chi connectivity index (χ4n) is 4.58. The van der Waals surface area contributed by atoms with Crippen molar-refractivity contribution in [1.29, 1.82) is 0 Å². The van der Waals surface area contributed by atoms with Gasteiger partial charge >= 0.3 is 0 Å². The lowest BCUT2D eigenvalue weighted by Gasteiger charge is -2.28. The van der Waals surface area contributed by atoms with E-state index >= 15 is 0 Å². The molecule has 2 aromatic carbocycles. The van der Waals surface area contributed by atoms with E-state index in [1.54, 1.807) is 0 Å². The van der Waals surface area contributed by atoms with Crippen LogP contribution >= 0.6 is 11.8 Å². The number of anilines is 2. The topological polar surface area (TPSA) is 63.5 Å². The molecule has 1 fully saturated rings. The smallest absolute Gasteiger partial charge is 0.240 e. The van der Waals surface area contributed by atoms with Gasteiger partial charge in [-0.3, -0.25) is 9.36 Å². The molecule has 2 aliphatic rings. The Morgan fingerprint density at radius 3 is 2.61 bits per heavy atom. The molecule has 0 spiro atoms. The Balaban J connectivity index is 1.40. The summed E-state index contributed by atoms with van der Waals surface area (Å²) in [7, 11) is 0. The number of para-hydroxylation sites is 1. The first-order chi connectivity index (χ1) is 16.1. The van der Waals surface area contributed by atoms with Crippen molar-refractivity contribution in [3.63, 3.8) is 0 Å². The van der Waals surface area contributed by atoms with Gasteiger partial charge in [-0.15, -0.1) is 10.2 Å². The van der Waals surface area contributed by atoms with E-state index in [0.717, 1.165) is 36.3 Å². The van der Waals surface area contributed by atoms with Crippen molar-refractivity contribution in [2.75, 3.05) is 36.1 Å². The third-order valence-electron chi connectivity index (χ3n) is 6.25. The number of carbonyl (C=O) groups excluding carboxylic acids is 1. The molecule has 0 unspecified atom stereocenters. The van der Waals surface area contributed by atoms with Crippen LogP contribution in [0.3, 0.4) is 0 Å². The number of hydrogen-bond acceptors (Lipinski definition) is 6. The van der Waals surface area contributed by atoms with Crippen LogP contribution in [-0.4, -0.2) is 58.3 Å². The normalized spacial score (nSPS) is 18.9. The van der Waals surface area contributed by atoms with Gasteiger partial charge in [-0.1, -0.05) is 60.3 Å². The van der Waals surface area contributed by atoms with Crippen LogP contribution in [0.25, 0.3) is 0 Å². The van der Waals surface area contributed by atoms with E-state index in [4.69, 9.17) is 4.74 Å². The first-order valence-electron chi connectivity index (χ1n) is 11.5. The van der Waals surface area contributed by atoms with Gasteiger partial charge in [-0.05, 0) is 37.5 Å². The molecule has 0 bridgehead atoms. The number of morpholine rings is 1. The minimum absolute atomic E-state index is 0.111. The molecule has 1 aromatic heterocycles. The minimum atomic E-state index is -0.283. The molecular formula is C25H29N5O2S. The Bertz CT molecular complexity index is 1110. The first kappa shape index (κ1) is 22.0. The molecule has 172 valence electrons. The maximum atomic E-state index is 13.5. The quantitative estimate of drug-likeness (QED) is 0.521. The number of rotatable bonds is 6. The zero-order chi connectivity index (χ0) is 22.8. The number of nitrogens with zero attached hydrogens (tertiary/aromatic N) is 5. The van der Waals surface area contributed by atoms with Crippen LogP contribution in [0, 0.1) is 0 Å². The van der Waals surface area contributed by atoms with Gasteiger partial charge in [0.2, 0.25) is 11.9 Å². The summed E-state index contributed by atoms with van der Waals surface area (Å²) in [6, 6.07) is 18.7. The van der Waals surface area contributed by atoms with Gasteiger partial charge in [0.25, 0.3) is 0 Å². The SMILES string of the molecule is C[C@H](Sc1nnc(N2CCOCC2)n1Cc1ccccc1)C(=O)N1c2ccccc2C[C@H]1C. The maximum Gasteiger partial charge on any atom is 0.240 e. The fraction of sp³-hybridized carbons (Fsp3) is 0.400. The van der Waals surface area contributed by atoms with Gasteiger partial charge in [0, 0.05) is 24.8 Å². The van der Waals surface area contributed by atoms with E-state index in [-0.39, 0.29) is 17.2 Å². The summed E-state index contributed by atoms with van der Waals surface area (Å²) in [5, 5.41) is 9.54. The van der Waals surface area contributed by atoms with Crippen molar-refractivity contribution in [3.05, 3.63) is 65.7 Å². The Morgan fingerprint density at radius 1 is 1.09 bits per heavy atom. The lowest BCUT2D eigenvalue weighted by molar-refractivity contribution is -0.118. The van der Waals surface area contributed by atoms with Crippen LogP contribution in [0.5, 0.6) is 0 Å². The molecule has 0 N–H and O–H groups in total. The molecular weight excluding hydrogens is 434 g/mol. The molecule has 33 heavy (non-hydrogen) atoms. The Hall–Kier alpha value is -2.84. The second kappa shape index (κ2) is 9.57. The van der Waals surface area contributed by atoms with E-state index in [2.05, 4.69) is 44.8 Å². The third-order valence-corrected chi connectivity index (χ3v) is 7.32.